The highest BCUT2D eigenvalue weighted by atomic mass is 35.5. The molecule has 1 aliphatic rings. The van der Waals surface area contributed by atoms with E-state index in [0.29, 0.717) is 0 Å². The number of hydrogen-bond acceptors (Lipinski definition) is 3. The number of nitrogens with one attached hydrogen (secondary N) is 1. The van der Waals surface area contributed by atoms with Gasteiger partial charge in [-0.15, -0.1) is 24.8 Å². The SMILES string of the molecule is CN(C)Cc1ncn2c1CNCCC2.Cl.Cl. The molecule has 0 aliphatic carbocycles. The lowest BCUT2D eigenvalue weighted by atomic mass is 10.3. The second-order valence-electron chi connectivity index (χ2n) is 4.10. The lowest BCUT2D eigenvalue weighted by Gasteiger charge is -2.10. The fourth-order valence-corrected chi connectivity index (χ4v) is 1.86. The molecule has 6 heteroatoms. The monoisotopic (exact) mass is 266 g/mol. The molecule has 0 aromatic carbocycles. The molecule has 16 heavy (non-hydrogen) atoms. The summed E-state index contributed by atoms with van der Waals surface area (Å²) in [5.74, 6) is 0. The van der Waals surface area contributed by atoms with Crippen LogP contribution in [0.3, 0.4) is 0 Å². The van der Waals surface area contributed by atoms with Crippen LogP contribution in [-0.2, 0) is 19.6 Å². The Morgan fingerprint density at radius 3 is 2.88 bits per heavy atom. The standard InChI is InChI=1S/C10H18N4.2ClH/c1-13(2)7-9-10-6-11-4-3-5-14(10)8-12-9;;/h8,11H,3-7H2,1-2H3;2*1H. The number of hydrogen-bond donors (Lipinski definition) is 1. The van der Waals surface area contributed by atoms with Crippen molar-refractivity contribution >= 4 is 24.8 Å². The lowest BCUT2D eigenvalue weighted by Crippen LogP contribution is -2.17. The first-order valence-corrected chi connectivity index (χ1v) is 5.15. The van der Waals surface area contributed by atoms with Crippen LogP contribution >= 0.6 is 24.8 Å². The number of nitrogens with zero attached hydrogens (tertiary/aromatic N) is 3. The number of aromatic nitrogens is 2. The minimum absolute atomic E-state index is 0. The largest absolute Gasteiger partial charge is 0.333 e. The van der Waals surface area contributed by atoms with Crippen LogP contribution in [0, 0.1) is 0 Å². The molecule has 0 atom stereocenters. The Morgan fingerprint density at radius 1 is 1.44 bits per heavy atom. The summed E-state index contributed by atoms with van der Waals surface area (Å²) in [5.41, 5.74) is 2.57. The Kier molecular flexibility index (Phi) is 6.99. The summed E-state index contributed by atoms with van der Waals surface area (Å²) in [6.07, 6.45) is 3.17. The number of aryl methyl sites for hydroxylation is 1. The maximum Gasteiger partial charge on any atom is 0.0952 e. The highest BCUT2D eigenvalue weighted by Gasteiger charge is 2.13. The highest BCUT2D eigenvalue weighted by molar-refractivity contribution is 5.85. The molecule has 0 unspecified atom stereocenters. The Morgan fingerprint density at radius 2 is 2.19 bits per heavy atom. The van der Waals surface area contributed by atoms with Crippen LogP contribution in [-0.4, -0.2) is 35.1 Å². The Hall–Kier alpha value is -0.290. The second kappa shape index (κ2) is 7.12. The van der Waals surface area contributed by atoms with E-state index in [0.717, 1.165) is 26.2 Å². The first kappa shape index (κ1) is 15.7. The zero-order chi connectivity index (χ0) is 9.97. The molecular formula is C10H20Cl2N4. The zero-order valence-electron chi connectivity index (χ0n) is 9.77. The van der Waals surface area contributed by atoms with Crippen LogP contribution in [0.15, 0.2) is 6.33 Å². The van der Waals surface area contributed by atoms with Gasteiger partial charge in [0.05, 0.1) is 17.7 Å². The molecule has 0 spiro atoms. The topological polar surface area (TPSA) is 33.1 Å². The van der Waals surface area contributed by atoms with Gasteiger partial charge in [-0.2, -0.15) is 0 Å². The Balaban J connectivity index is 0.00000112. The summed E-state index contributed by atoms with van der Waals surface area (Å²) in [5, 5.41) is 3.42. The van der Waals surface area contributed by atoms with E-state index in [1.165, 1.54) is 17.8 Å². The number of fused-ring (bicyclic) bond motifs is 1. The molecule has 0 amide bonds. The zero-order valence-corrected chi connectivity index (χ0v) is 11.4. The maximum atomic E-state index is 4.46. The summed E-state index contributed by atoms with van der Waals surface area (Å²) < 4.78 is 2.28. The summed E-state index contributed by atoms with van der Waals surface area (Å²) in [6.45, 7) is 4.11. The van der Waals surface area contributed by atoms with Crippen molar-refractivity contribution in [3.63, 3.8) is 0 Å². The maximum absolute atomic E-state index is 4.46. The van der Waals surface area contributed by atoms with Crippen molar-refractivity contribution in [3.8, 4) is 0 Å². The van der Waals surface area contributed by atoms with Crippen molar-refractivity contribution in [1.82, 2.24) is 19.8 Å². The molecule has 4 nitrogen and oxygen atoms in total. The van der Waals surface area contributed by atoms with Crippen LogP contribution in [0.1, 0.15) is 17.8 Å². The minimum Gasteiger partial charge on any atom is -0.333 e. The molecule has 0 bridgehead atoms. The second-order valence-corrected chi connectivity index (χ2v) is 4.10. The van der Waals surface area contributed by atoms with E-state index >= 15 is 0 Å². The van der Waals surface area contributed by atoms with Gasteiger partial charge in [0.1, 0.15) is 0 Å². The summed E-state index contributed by atoms with van der Waals surface area (Å²) in [6, 6.07) is 0. The molecule has 1 N–H and O–H groups in total. The van der Waals surface area contributed by atoms with Crippen LogP contribution in [0.4, 0.5) is 0 Å². The number of imidazole rings is 1. The molecule has 1 aromatic rings. The molecule has 0 fully saturated rings. The van der Waals surface area contributed by atoms with Gasteiger partial charge in [0, 0.05) is 19.6 Å². The predicted octanol–water partition coefficient (Wildman–Crippen LogP) is 1.28. The van der Waals surface area contributed by atoms with E-state index in [1.807, 2.05) is 6.33 Å². The van der Waals surface area contributed by atoms with Gasteiger partial charge in [0.2, 0.25) is 0 Å². The van der Waals surface area contributed by atoms with Gasteiger partial charge in [-0.1, -0.05) is 0 Å². The fraction of sp³-hybridized carbons (Fsp3) is 0.700. The molecule has 0 radical (unpaired) electrons. The van der Waals surface area contributed by atoms with Crippen molar-refractivity contribution < 1.29 is 0 Å². The normalized spacial score (nSPS) is 14.7. The van der Waals surface area contributed by atoms with Crippen molar-refractivity contribution in [3.05, 3.63) is 17.7 Å². The van der Waals surface area contributed by atoms with Gasteiger partial charge in [-0.25, -0.2) is 4.98 Å². The summed E-state index contributed by atoms with van der Waals surface area (Å²) >= 11 is 0. The summed E-state index contributed by atoms with van der Waals surface area (Å²) in [4.78, 5) is 6.62. The molecule has 94 valence electrons. The third-order valence-corrected chi connectivity index (χ3v) is 2.54. The molecular weight excluding hydrogens is 247 g/mol. The number of halogens is 2. The van der Waals surface area contributed by atoms with Crippen LogP contribution in [0.25, 0.3) is 0 Å². The van der Waals surface area contributed by atoms with E-state index in [2.05, 4.69) is 33.9 Å². The van der Waals surface area contributed by atoms with Crippen molar-refractivity contribution in [2.75, 3.05) is 20.6 Å². The Labute approximate surface area is 109 Å². The van der Waals surface area contributed by atoms with Gasteiger partial charge in [0.15, 0.2) is 0 Å². The van der Waals surface area contributed by atoms with Crippen LogP contribution in [0.5, 0.6) is 0 Å². The van der Waals surface area contributed by atoms with Crippen LogP contribution < -0.4 is 5.32 Å². The average molecular weight is 267 g/mol. The van der Waals surface area contributed by atoms with E-state index < -0.39 is 0 Å². The Bertz CT molecular complexity index is 312. The predicted molar refractivity (Wildman–Crippen MR) is 70.4 cm³/mol. The van der Waals surface area contributed by atoms with Gasteiger partial charge in [-0.3, -0.25) is 0 Å². The van der Waals surface area contributed by atoms with Crippen molar-refractivity contribution in [1.29, 1.82) is 0 Å². The van der Waals surface area contributed by atoms with Gasteiger partial charge >= 0.3 is 0 Å². The molecule has 2 rings (SSSR count). The third-order valence-electron chi connectivity index (χ3n) is 2.54. The van der Waals surface area contributed by atoms with Crippen molar-refractivity contribution in [2.24, 2.45) is 0 Å². The average Bonchev–Trinajstić information content (AvgIpc) is 2.37. The van der Waals surface area contributed by atoms with E-state index in [-0.39, 0.29) is 24.8 Å². The van der Waals surface area contributed by atoms with Gasteiger partial charge in [0.25, 0.3) is 0 Å². The van der Waals surface area contributed by atoms with E-state index in [9.17, 15) is 0 Å². The lowest BCUT2D eigenvalue weighted by molar-refractivity contribution is 0.395. The van der Waals surface area contributed by atoms with Gasteiger partial charge in [-0.05, 0) is 27.1 Å². The van der Waals surface area contributed by atoms with Crippen LogP contribution in [0.2, 0.25) is 0 Å². The molecule has 2 heterocycles. The first-order valence-electron chi connectivity index (χ1n) is 5.15. The molecule has 1 aliphatic heterocycles. The summed E-state index contributed by atoms with van der Waals surface area (Å²) in [7, 11) is 4.16. The van der Waals surface area contributed by atoms with Crippen molar-refractivity contribution in [2.45, 2.75) is 26.1 Å². The number of rotatable bonds is 2. The fourth-order valence-electron chi connectivity index (χ4n) is 1.86. The first-order chi connectivity index (χ1) is 6.77. The third kappa shape index (κ3) is 3.63. The highest BCUT2D eigenvalue weighted by Crippen LogP contribution is 2.12. The molecule has 0 saturated heterocycles. The van der Waals surface area contributed by atoms with E-state index in [4.69, 9.17) is 0 Å². The molecule has 0 saturated carbocycles. The smallest absolute Gasteiger partial charge is 0.0952 e. The van der Waals surface area contributed by atoms with Gasteiger partial charge < -0.3 is 14.8 Å². The minimum atomic E-state index is 0. The quantitative estimate of drug-likeness (QED) is 0.876. The van der Waals surface area contributed by atoms with E-state index in [1.54, 1.807) is 0 Å². The molecule has 1 aromatic heterocycles.